The smallest absolute Gasteiger partial charge is 0.116 e. The molecule has 0 bridgehead atoms. The van der Waals surface area contributed by atoms with Gasteiger partial charge in [0.2, 0.25) is 0 Å². The lowest BCUT2D eigenvalue weighted by molar-refractivity contribution is 1.79. The van der Waals surface area contributed by atoms with Gasteiger partial charge >= 0.3 is 0 Å². The third-order valence-electron chi connectivity index (χ3n) is 3.93. The van der Waals surface area contributed by atoms with E-state index in [1.54, 1.807) is 0 Å². The van der Waals surface area contributed by atoms with Gasteiger partial charge in [0.15, 0.2) is 0 Å². The normalized spacial score (nSPS) is 11.0. The quantitative estimate of drug-likeness (QED) is 0.188. The van der Waals surface area contributed by atoms with E-state index in [-0.39, 0.29) is 0 Å². The van der Waals surface area contributed by atoms with Crippen molar-refractivity contribution in [1.29, 1.82) is 0 Å². The van der Waals surface area contributed by atoms with Gasteiger partial charge in [0.05, 0.1) is 0 Å². The standard InChI is InChI=1S/C18H11.C3H9P.Al.2H/c1-2-7-15-12-18-16(11-14(15)6-1)10-9-13-5-3-4-8-17(13)18;1-4(2)3;;;/h1-7,9-12H;1-3H3;;;. The van der Waals surface area contributed by atoms with E-state index in [0.717, 1.165) is 16.3 Å². The van der Waals surface area contributed by atoms with Gasteiger partial charge in [-0.2, -0.15) is 0 Å². The number of rotatable bonds is 0. The van der Waals surface area contributed by atoms with E-state index in [2.05, 4.69) is 86.7 Å². The average molecular weight is 332 g/mol. The van der Waals surface area contributed by atoms with Crippen LogP contribution in [0.2, 0.25) is 0 Å². The van der Waals surface area contributed by atoms with E-state index >= 15 is 0 Å². The molecule has 0 radical (unpaired) electrons. The molecule has 0 aliphatic rings. The highest BCUT2D eigenvalue weighted by Crippen LogP contribution is 2.28. The molecular formula is C21H22AlP. The van der Waals surface area contributed by atoms with Crippen molar-refractivity contribution in [2.24, 2.45) is 0 Å². The minimum absolute atomic E-state index is 0.380. The van der Waals surface area contributed by atoms with Crippen LogP contribution in [0, 0.1) is 0 Å². The third kappa shape index (κ3) is 3.59. The molecule has 0 N–H and O–H groups in total. The maximum absolute atomic E-state index is 2.34. The van der Waals surface area contributed by atoms with E-state index in [1.807, 2.05) is 0 Å². The molecule has 0 amide bonds. The van der Waals surface area contributed by atoms with Crippen LogP contribution in [0.15, 0.2) is 66.7 Å². The number of benzene rings is 4. The highest BCUT2D eigenvalue weighted by Gasteiger charge is 2.04. The Balaban J connectivity index is 0.000000354. The topological polar surface area (TPSA) is 0 Å². The molecule has 0 heterocycles. The van der Waals surface area contributed by atoms with E-state index < -0.39 is 0 Å². The Bertz CT molecular complexity index is 970. The molecule has 0 aliphatic heterocycles. The summed E-state index contributed by atoms with van der Waals surface area (Å²) >= 11 is 1.09. The summed E-state index contributed by atoms with van der Waals surface area (Å²) in [5.41, 5.74) is 0. The van der Waals surface area contributed by atoms with Gasteiger partial charge in [0.1, 0.15) is 0 Å². The van der Waals surface area contributed by atoms with Crippen molar-refractivity contribution in [3.63, 3.8) is 0 Å². The van der Waals surface area contributed by atoms with Crippen LogP contribution in [0.5, 0.6) is 0 Å². The maximum Gasteiger partial charge on any atom is 0.259 e. The molecule has 0 aromatic heterocycles. The fourth-order valence-electron chi connectivity index (χ4n) is 2.99. The Morgan fingerprint density at radius 2 is 1.22 bits per heavy atom. The second-order valence-corrected chi connectivity index (χ2v) is 10.3. The Morgan fingerprint density at radius 3 is 1.91 bits per heavy atom. The van der Waals surface area contributed by atoms with Crippen LogP contribution in [0.3, 0.4) is 0 Å². The van der Waals surface area contributed by atoms with Crippen LogP contribution in [-0.2, 0) is 0 Å². The van der Waals surface area contributed by atoms with Gasteiger partial charge in [-0.05, 0) is 64.4 Å². The molecule has 4 rings (SSSR count). The SMILES string of the molecule is CP(C)C.[AlH2][c]1cccc2ccc3cc4ccccc4cc3c12. The zero-order valence-electron chi connectivity index (χ0n) is 14.3. The van der Waals surface area contributed by atoms with Crippen molar-refractivity contribution in [3.05, 3.63) is 66.7 Å². The molecule has 0 unspecified atom stereocenters. The van der Waals surface area contributed by atoms with E-state index in [0.29, 0.717) is 7.92 Å². The van der Waals surface area contributed by atoms with Crippen molar-refractivity contribution < 1.29 is 0 Å². The Labute approximate surface area is 147 Å². The number of hydrogen-bond donors (Lipinski definition) is 0. The Morgan fingerprint density at radius 1 is 0.652 bits per heavy atom. The summed E-state index contributed by atoms with van der Waals surface area (Å²) in [6.07, 6.45) is 0. The lowest BCUT2D eigenvalue weighted by atomic mass is 9.98. The highest BCUT2D eigenvalue weighted by molar-refractivity contribution is 7.55. The Kier molecular flexibility index (Phi) is 5.03. The van der Waals surface area contributed by atoms with Gasteiger partial charge in [-0.15, -0.1) is 12.3 Å². The molecule has 0 nitrogen and oxygen atoms in total. The first kappa shape index (κ1) is 16.5. The van der Waals surface area contributed by atoms with Crippen LogP contribution in [-0.4, -0.2) is 36.3 Å². The van der Waals surface area contributed by atoms with E-state index in [9.17, 15) is 0 Å². The molecule has 0 aliphatic carbocycles. The van der Waals surface area contributed by atoms with Gasteiger partial charge in [0.25, 0.3) is 16.3 Å². The van der Waals surface area contributed by atoms with Crippen LogP contribution >= 0.6 is 7.92 Å². The van der Waals surface area contributed by atoms with Gasteiger partial charge < -0.3 is 0 Å². The Hall–Kier alpha value is -1.38. The van der Waals surface area contributed by atoms with Gasteiger partial charge in [-0.1, -0.05) is 54.6 Å². The van der Waals surface area contributed by atoms with E-state index in [4.69, 9.17) is 0 Å². The second-order valence-electron chi connectivity index (χ2n) is 6.50. The van der Waals surface area contributed by atoms with Crippen LogP contribution in [0.25, 0.3) is 32.3 Å². The van der Waals surface area contributed by atoms with Crippen molar-refractivity contribution in [1.82, 2.24) is 0 Å². The van der Waals surface area contributed by atoms with Gasteiger partial charge in [-0.3, -0.25) is 0 Å². The van der Waals surface area contributed by atoms with Gasteiger partial charge in [-0.25, -0.2) is 0 Å². The van der Waals surface area contributed by atoms with Crippen molar-refractivity contribution in [2.75, 3.05) is 20.0 Å². The first-order chi connectivity index (χ1) is 11.1. The zero-order valence-corrected chi connectivity index (χ0v) is 17.2. The largest absolute Gasteiger partial charge is 0.259 e. The second kappa shape index (κ2) is 7.02. The predicted molar refractivity (Wildman–Crippen MR) is 112 cm³/mol. The summed E-state index contributed by atoms with van der Waals surface area (Å²) in [6.45, 7) is 6.69. The molecular weight excluding hydrogens is 310 g/mol. The molecule has 2 heteroatoms. The van der Waals surface area contributed by atoms with Gasteiger partial charge in [0, 0.05) is 0 Å². The fourth-order valence-corrected chi connectivity index (χ4v) is 3.74. The number of fused-ring (bicyclic) bond motifs is 4. The molecule has 0 spiro atoms. The van der Waals surface area contributed by atoms with Crippen molar-refractivity contribution in [3.8, 4) is 0 Å². The molecule has 23 heavy (non-hydrogen) atoms. The summed E-state index contributed by atoms with van der Waals surface area (Å²) in [7, 11) is 0.380. The lowest BCUT2D eigenvalue weighted by Crippen LogP contribution is -2.03. The summed E-state index contributed by atoms with van der Waals surface area (Å²) in [5, 5.41) is 8.18. The zero-order chi connectivity index (χ0) is 16.4. The van der Waals surface area contributed by atoms with E-state index in [1.165, 1.54) is 36.7 Å². The molecule has 0 saturated heterocycles. The van der Waals surface area contributed by atoms with Crippen molar-refractivity contribution in [2.45, 2.75) is 0 Å². The molecule has 0 saturated carbocycles. The molecule has 114 valence electrons. The fraction of sp³-hybridized carbons (Fsp3) is 0.143. The van der Waals surface area contributed by atoms with Crippen molar-refractivity contribution >= 4 is 61.0 Å². The maximum atomic E-state index is 2.34. The first-order valence-electron chi connectivity index (χ1n) is 7.98. The van der Waals surface area contributed by atoms with Crippen LogP contribution in [0.1, 0.15) is 0 Å². The molecule has 4 aromatic carbocycles. The predicted octanol–water partition coefficient (Wildman–Crippen LogP) is 4.76. The molecule has 0 atom stereocenters. The summed E-state index contributed by atoms with van der Waals surface area (Å²) < 4.78 is 1.48. The minimum Gasteiger partial charge on any atom is -0.116 e. The summed E-state index contributed by atoms with van der Waals surface area (Å²) in [6, 6.07) is 24.4. The molecule has 4 aromatic rings. The third-order valence-corrected chi connectivity index (χ3v) is 4.77. The summed E-state index contributed by atoms with van der Waals surface area (Å²) in [4.78, 5) is 0. The molecule has 0 fully saturated rings. The lowest BCUT2D eigenvalue weighted by Gasteiger charge is -2.09. The first-order valence-corrected chi connectivity index (χ1v) is 11.7. The highest BCUT2D eigenvalue weighted by atomic mass is 31.1. The summed E-state index contributed by atoms with van der Waals surface area (Å²) in [5.74, 6) is 0. The average Bonchev–Trinajstić information content (AvgIpc) is 2.52. The minimum atomic E-state index is 0.380. The monoisotopic (exact) mass is 332 g/mol. The van der Waals surface area contributed by atoms with Crippen LogP contribution in [0.4, 0.5) is 0 Å². The van der Waals surface area contributed by atoms with Crippen LogP contribution < -0.4 is 4.43 Å². The number of hydrogen-bond acceptors (Lipinski definition) is 0.